The van der Waals surface area contributed by atoms with Crippen molar-refractivity contribution in [2.75, 3.05) is 38.2 Å². The molecule has 0 aliphatic carbocycles. The fourth-order valence-corrected chi connectivity index (χ4v) is 3.42. The predicted octanol–water partition coefficient (Wildman–Crippen LogP) is 1.88. The first-order valence-electron chi connectivity index (χ1n) is 9.40. The SMILES string of the molecule is CCc1nn(C)c(NC(=O)NCC(c2ccccn2)N2CCOCC2)c1C. The summed E-state index contributed by atoms with van der Waals surface area (Å²) in [6.45, 7) is 7.55. The van der Waals surface area contributed by atoms with Gasteiger partial charge in [0.25, 0.3) is 0 Å². The van der Waals surface area contributed by atoms with Crippen LogP contribution in [-0.4, -0.2) is 58.5 Å². The predicted molar refractivity (Wildman–Crippen MR) is 104 cm³/mol. The van der Waals surface area contributed by atoms with E-state index in [1.54, 1.807) is 10.9 Å². The number of nitrogens with zero attached hydrogens (tertiary/aromatic N) is 4. The zero-order valence-corrected chi connectivity index (χ0v) is 16.2. The lowest BCUT2D eigenvalue weighted by Crippen LogP contribution is -2.44. The molecule has 27 heavy (non-hydrogen) atoms. The van der Waals surface area contributed by atoms with Crippen molar-refractivity contribution in [3.63, 3.8) is 0 Å². The number of rotatable bonds is 6. The largest absolute Gasteiger partial charge is 0.379 e. The minimum Gasteiger partial charge on any atom is -0.379 e. The average Bonchev–Trinajstić information content (AvgIpc) is 2.97. The molecule has 0 bridgehead atoms. The zero-order valence-electron chi connectivity index (χ0n) is 16.2. The van der Waals surface area contributed by atoms with E-state index in [2.05, 4.69) is 32.5 Å². The molecule has 1 atom stereocenters. The van der Waals surface area contributed by atoms with Crippen LogP contribution in [-0.2, 0) is 18.2 Å². The maximum Gasteiger partial charge on any atom is 0.320 e. The fraction of sp³-hybridized carbons (Fsp3) is 0.526. The molecule has 3 rings (SSSR count). The molecule has 0 aromatic carbocycles. The zero-order chi connectivity index (χ0) is 19.2. The van der Waals surface area contributed by atoms with Gasteiger partial charge in [-0.05, 0) is 25.5 Å². The van der Waals surface area contributed by atoms with E-state index in [1.807, 2.05) is 32.2 Å². The summed E-state index contributed by atoms with van der Waals surface area (Å²) in [5, 5.41) is 10.4. The van der Waals surface area contributed by atoms with Gasteiger partial charge >= 0.3 is 6.03 Å². The topological polar surface area (TPSA) is 84.3 Å². The van der Waals surface area contributed by atoms with Gasteiger partial charge in [-0.2, -0.15) is 5.10 Å². The van der Waals surface area contributed by atoms with Crippen LogP contribution in [0.3, 0.4) is 0 Å². The number of pyridine rings is 1. The maximum absolute atomic E-state index is 12.5. The second-order valence-electron chi connectivity index (χ2n) is 6.65. The number of urea groups is 1. The molecule has 0 radical (unpaired) electrons. The van der Waals surface area contributed by atoms with Crippen molar-refractivity contribution in [1.29, 1.82) is 0 Å². The Morgan fingerprint density at radius 2 is 2.11 bits per heavy atom. The average molecular weight is 372 g/mol. The van der Waals surface area contributed by atoms with Gasteiger partial charge in [0, 0.05) is 38.4 Å². The molecular weight excluding hydrogens is 344 g/mol. The Morgan fingerprint density at radius 3 is 2.74 bits per heavy atom. The summed E-state index contributed by atoms with van der Waals surface area (Å²) in [5.41, 5.74) is 2.95. The van der Waals surface area contributed by atoms with E-state index >= 15 is 0 Å². The summed E-state index contributed by atoms with van der Waals surface area (Å²) in [7, 11) is 1.84. The van der Waals surface area contributed by atoms with Crippen LogP contribution < -0.4 is 10.6 Å². The summed E-state index contributed by atoms with van der Waals surface area (Å²) in [6, 6.07) is 5.65. The second kappa shape index (κ2) is 8.96. The molecule has 146 valence electrons. The number of carbonyl (C=O) groups excluding carboxylic acids is 1. The van der Waals surface area contributed by atoms with Crippen LogP contribution in [0.4, 0.5) is 10.6 Å². The summed E-state index contributed by atoms with van der Waals surface area (Å²) in [5.74, 6) is 0.727. The summed E-state index contributed by atoms with van der Waals surface area (Å²) < 4.78 is 7.17. The molecule has 1 saturated heterocycles. The highest BCUT2D eigenvalue weighted by atomic mass is 16.5. The first kappa shape index (κ1) is 19.3. The molecule has 8 heteroatoms. The number of ether oxygens (including phenoxy) is 1. The third kappa shape index (κ3) is 4.64. The number of hydrogen-bond acceptors (Lipinski definition) is 5. The monoisotopic (exact) mass is 372 g/mol. The minimum absolute atomic E-state index is 0.0136. The van der Waals surface area contributed by atoms with Gasteiger partial charge in [0.1, 0.15) is 5.82 Å². The molecule has 2 aromatic rings. The van der Waals surface area contributed by atoms with Crippen LogP contribution in [0.1, 0.15) is 29.9 Å². The lowest BCUT2D eigenvalue weighted by molar-refractivity contribution is 0.0159. The van der Waals surface area contributed by atoms with Crippen LogP contribution in [0.2, 0.25) is 0 Å². The van der Waals surface area contributed by atoms with Crippen molar-refractivity contribution in [3.05, 3.63) is 41.3 Å². The number of morpholine rings is 1. The molecule has 8 nitrogen and oxygen atoms in total. The molecule has 1 unspecified atom stereocenters. The highest BCUT2D eigenvalue weighted by Crippen LogP contribution is 2.20. The van der Waals surface area contributed by atoms with E-state index in [-0.39, 0.29) is 12.1 Å². The van der Waals surface area contributed by atoms with Crippen molar-refractivity contribution in [2.24, 2.45) is 7.05 Å². The number of hydrogen-bond donors (Lipinski definition) is 2. The van der Waals surface area contributed by atoms with Gasteiger partial charge in [0.05, 0.1) is 30.6 Å². The van der Waals surface area contributed by atoms with Gasteiger partial charge in [0.2, 0.25) is 0 Å². The van der Waals surface area contributed by atoms with Gasteiger partial charge in [-0.1, -0.05) is 13.0 Å². The Kier molecular flexibility index (Phi) is 6.41. The lowest BCUT2D eigenvalue weighted by Gasteiger charge is -2.34. The van der Waals surface area contributed by atoms with Crippen LogP contribution in [0, 0.1) is 6.92 Å². The van der Waals surface area contributed by atoms with Gasteiger partial charge < -0.3 is 10.1 Å². The molecule has 3 heterocycles. The number of aryl methyl sites for hydroxylation is 2. The van der Waals surface area contributed by atoms with E-state index < -0.39 is 0 Å². The Morgan fingerprint density at radius 1 is 1.33 bits per heavy atom. The number of nitrogens with one attached hydrogen (secondary N) is 2. The standard InChI is InChI=1S/C19H28N6O2/c1-4-15-14(2)18(24(3)23-15)22-19(26)21-13-17(16-7-5-6-8-20-16)25-9-11-27-12-10-25/h5-8,17H,4,9-13H2,1-3H3,(H2,21,22,26). The summed E-state index contributed by atoms with van der Waals surface area (Å²) >= 11 is 0. The van der Waals surface area contributed by atoms with Gasteiger partial charge in [-0.15, -0.1) is 0 Å². The van der Waals surface area contributed by atoms with E-state index in [4.69, 9.17) is 4.74 Å². The number of carbonyl (C=O) groups is 1. The molecule has 2 aromatic heterocycles. The van der Waals surface area contributed by atoms with Crippen molar-refractivity contribution in [2.45, 2.75) is 26.3 Å². The van der Waals surface area contributed by atoms with Gasteiger partial charge in [0.15, 0.2) is 0 Å². The summed E-state index contributed by atoms with van der Waals surface area (Å²) in [6.07, 6.45) is 2.62. The van der Waals surface area contributed by atoms with Crippen molar-refractivity contribution < 1.29 is 9.53 Å². The van der Waals surface area contributed by atoms with Crippen LogP contribution >= 0.6 is 0 Å². The van der Waals surface area contributed by atoms with Gasteiger partial charge in [-0.25, -0.2) is 4.79 Å². The highest BCUT2D eigenvalue weighted by molar-refractivity contribution is 5.89. The fourth-order valence-electron chi connectivity index (χ4n) is 3.42. The van der Waals surface area contributed by atoms with Crippen LogP contribution in [0.15, 0.2) is 24.4 Å². The Balaban J connectivity index is 1.66. The Hall–Kier alpha value is -2.45. The minimum atomic E-state index is -0.238. The normalized spacial score (nSPS) is 16.1. The maximum atomic E-state index is 12.5. The molecule has 0 spiro atoms. The molecule has 1 aliphatic rings. The van der Waals surface area contributed by atoms with Crippen molar-refractivity contribution in [1.82, 2.24) is 25.0 Å². The first-order valence-corrected chi connectivity index (χ1v) is 9.40. The van der Waals surface area contributed by atoms with Crippen LogP contribution in [0.25, 0.3) is 0 Å². The number of anilines is 1. The Bertz CT molecular complexity index is 755. The summed E-state index contributed by atoms with van der Waals surface area (Å²) in [4.78, 5) is 19.3. The van der Waals surface area contributed by atoms with Crippen molar-refractivity contribution >= 4 is 11.8 Å². The third-order valence-corrected chi connectivity index (χ3v) is 4.92. The molecule has 2 N–H and O–H groups in total. The van der Waals surface area contributed by atoms with E-state index in [0.29, 0.717) is 19.8 Å². The first-order chi connectivity index (χ1) is 13.1. The molecule has 1 aliphatic heterocycles. The van der Waals surface area contributed by atoms with E-state index in [1.165, 1.54) is 0 Å². The van der Waals surface area contributed by atoms with E-state index in [0.717, 1.165) is 42.3 Å². The lowest BCUT2D eigenvalue weighted by atomic mass is 10.1. The van der Waals surface area contributed by atoms with E-state index in [9.17, 15) is 4.79 Å². The molecule has 2 amide bonds. The van der Waals surface area contributed by atoms with Crippen LogP contribution in [0.5, 0.6) is 0 Å². The second-order valence-corrected chi connectivity index (χ2v) is 6.65. The quantitative estimate of drug-likeness (QED) is 0.809. The molecular formula is C19H28N6O2. The number of amides is 2. The van der Waals surface area contributed by atoms with Gasteiger partial charge in [-0.3, -0.25) is 19.9 Å². The van der Waals surface area contributed by atoms with Crippen molar-refractivity contribution in [3.8, 4) is 0 Å². The smallest absolute Gasteiger partial charge is 0.320 e. The molecule has 0 saturated carbocycles. The number of aromatic nitrogens is 3. The Labute approximate surface area is 159 Å². The molecule has 1 fully saturated rings. The highest BCUT2D eigenvalue weighted by Gasteiger charge is 2.24. The third-order valence-electron chi connectivity index (χ3n) is 4.92.